The van der Waals surface area contributed by atoms with E-state index >= 15 is 0 Å². The molecule has 0 bridgehead atoms. The largest absolute Gasteiger partial charge is 0.378 e. The second-order valence-corrected chi connectivity index (χ2v) is 6.65. The average molecular weight is 365 g/mol. The van der Waals surface area contributed by atoms with Crippen molar-refractivity contribution in [3.63, 3.8) is 0 Å². The van der Waals surface area contributed by atoms with Crippen molar-refractivity contribution >= 4 is 17.4 Å². The maximum Gasteiger partial charge on any atom is 0.224 e. The summed E-state index contributed by atoms with van der Waals surface area (Å²) in [7, 11) is 0. The molecule has 3 heterocycles. The van der Waals surface area contributed by atoms with Gasteiger partial charge in [0, 0.05) is 44.0 Å². The van der Waals surface area contributed by atoms with Crippen LogP contribution in [0.4, 0.5) is 5.82 Å². The number of rotatable bonds is 5. The number of aromatic nitrogens is 3. The number of morpholine rings is 1. The quantitative estimate of drug-likeness (QED) is 0.752. The van der Waals surface area contributed by atoms with Crippen molar-refractivity contribution in [2.75, 3.05) is 38.2 Å². The van der Waals surface area contributed by atoms with Crippen molar-refractivity contribution < 1.29 is 9.53 Å². The topological polar surface area (TPSA) is 71.8 Å². The first-order valence-electron chi connectivity index (χ1n) is 9.21. The standard InChI is InChI=1S/C20H23N5O2/c1-15-2-4-16(5-3-15)19-20(25-9-8-21-14-17(25)23-19)22-7-6-18(26)24-10-12-27-13-11-24/h2-5,8-9,14,22H,6-7,10-13H2,1H3. The van der Waals surface area contributed by atoms with E-state index in [2.05, 4.69) is 41.5 Å². The first-order valence-corrected chi connectivity index (χ1v) is 9.21. The summed E-state index contributed by atoms with van der Waals surface area (Å²) in [5.41, 5.74) is 3.87. The second-order valence-electron chi connectivity index (χ2n) is 6.65. The third-order valence-corrected chi connectivity index (χ3v) is 4.75. The van der Waals surface area contributed by atoms with Crippen LogP contribution < -0.4 is 5.32 Å². The Morgan fingerprint density at radius 1 is 1.22 bits per heavy atom. The molecular weight excluding hydrogens is 342 g/mol. The van der Waals surface area contributed by atoms with Crippen molar-refractivity contribution in [3.05, 3.63) is 48.4 Å². The zero-order valence-corrected chi connectivity index (χ0v) is 15.4. The van der Waals surface area contributed by atoms with Gasteiger partial charge in [0.1, 0.15) is 11.5 Å². The molecule has 1 saturated heterocycles. The van der Waals surface area contributed by atoms with E-state index in [9.17, 15) is 4.79 Å². The third-order valence-electron chi connectivity index (χ3n) is 4.75. The van der Waals surface area contributed by atoms with Gasteiger partial charge in [-0.05, 0) is 6.92 Å². The fourth-order valence-electron chi connectivity index (χ4n) is 3.25. The Kier molecular flexibility index (Phi) is 5.02. The van der Waals surface area contributed by atoms with Crippen molar-refractivity contribution in [1.29, 1.82) is 0 Å². The highest BCUT2D eigenvalue weighted by Gasteiger charge is 2.18. The van der Waals surface area contributed by atoms with Crippen molar-refractivity contribution in [1.82, 2.24) is 19.3 Å². The highest BCUT2D eigenvalue weighted by atomic mass is 16.5. The molecule has 1 aliphatic rings. The molecule has 0 unspecified atom stereocenters. The molecular formula is C20H23N5O2. The van der Waals surface area contributed by atoms with Crippen molar-refractivity contribution in [2.24, 2.45) is 0 Å². The number of nitrogens with zero attached hydrogens (tertiary/aromatic N) is 4. The molecule has 7 heteroatoms. The van der Waals surface area contributed by atoms with Gasteiger partial charge in [-0.3, -0.25) is 14.2 Å². The lowest BCUT2D eigenvalue weighted by Crippen LogP contribution is -2.41. The molecule has 4 rings (SSSR count). The zero-order valence-electron chi connectivity index (χ0n) is 15.4. The smallest absolute Gasteiger partial charge is 0.224 e. The van der Waals surface area contributed by atoms with Gasteiger partial charge in [-0.1, -0.05) is 29.8 Å². The van der Waals surface area contributed by atoms with Gasteiger partial charge in [-0.25, -0.2) is 4.98 Å². The van der Waals surface area contributed by atoms with Gasteiger partial charge in [-0.15, -0.1) is 0 Å². The van der Waals surface area contributed by atoms with Gasteiger partial charge in [0.2, 0.25) is 5.91 Å². The number of hydrogen-bond acceptors (Lipinski definition) is 5. The number of ether oxygens (including phenoxy) is 1. The number of nitrogens with one attached hydrogen (secondary N) is 1. The molecule has 27 heavy (non-hydrogen) atoms. The lowest BCUT2D eigenvalue weighted by molar-refractivity contribution is -0.134. The van der Waals surface area contributed by atoms with Crippen LogP contribution in [0.25, 0.3) is 16.9 Å². The summed E-state index contributed by atoms with van der Waals surface area (Å²) in [6.07, 6.45) is 5.79. The predicted octanol–water partition coefficient (Wildman–Crippen LogP) is 2.37. The normalized spacial score (nSPS) is 14.5. The van der Waals surface area contributed by atoms with Crippen LogP contribution in [0, 0.1) is 6.92 Å². The van der Waals surface area contributed by atoms with Crippen LogP contribution in [0.3, 0.4) is 0 Å². The lowest BCUT2D eigenvalue weighted by Gasteiger charge is -2.26. The van der Waals surface area contributed by atoms with Gasteiger partial charge < -0.3 is 15.0 Å². The molecule has 0 spiro atoms. The second kappa shape index (κ2) is 7.75. The number of anilines is 1. The summed E-state index contributed by atoms with van der Waals surface area (Å²) in [4.78, 5) is 23.1. The van der Waals surface area contributed by atoms with Crippen LogP contribution in [0.15, 0.2) is 42.9 Å². The summed E-state index contributed by atoms with van der Waals surface area (Å²) in [6, 6.07) is 8.27. The van der Waals surface area contributed by atoms with E-state index in [1.54, 1.807) is 12.4 Å². The lowest BCUT2D eigenvalue weighted by atomic mass is 10.1. The fourth-order valence-corrected chi connectivity index (χ4v) is 3.25. The van der Waals surface area contributed by atoms with Crippen LogP contribution in [-0.2, 0) is 9.53 Å². The summed E-state index contributed by atoms with van der Waals surface area (Å²) in [5.74, 6) is 1.03. The fraction of sp³-hybridized carbons (Fsp3) is 0.350. The number of fused-ring (bicyclic) bond motifs is 1. The number of amides is 1. The summed E-state index contributed by atoms with van der Waals surface area (Å²) >= 11 is 0. The zero-order chi connectivity index (χ0) is 18.6. The molecule has 140 valence electrons. The Hall–Kier alpha value is -2.93. The van der Waals surface area contributed by atoms with E-state index in [1.165, 1.54) is 5.56 Å². The Balaban J connectivity index is 1.54. The van der Waals surface area contributed by atoms with Crippen LogP contribution in [-0.4, -0.2) is 58.0 Å². The van der Waals surface area contributed by atoms with Crippen LogP contribution in [0.1, 0.15) is 12.0 Å². The minimum absolute atomic E-state index is 0.151. The molecule has 1 aliphatic heterocycles. The van der Waals surface area contributed by atoms with Gasteiger partial charge in [0.25, 0.3) is 0 Å². The highest BCUT2D eigenvalue weighted by Crippen LogP contribution is 2.28. The van der Waals surface area contributed by atoms with Gasteiger partial charge in [-0.2, -0.15) is 0 Å². The van der Waals surface area contributed by atoms with Gasteiger partial charge >= 0.3 is 0 Å². The van der Waals surface area contributed by atoms with E-state index in [-0.39, 0.29) is 5.91 Å². The summed E-state index contributed by atoms with van der Waals surface area (Å²) < 4.78 is 7.28. The molecule has 3 aromatic rings. The van der Waals surface area contributed by atoms with Gasteiger partial charge in [0.15, 0.2) is 5.65 Å². The van der Waals surface area contributed by atoms with Crippen molar-refractivity contribution in [2.45, 2.75) is 13.3 Å². The minimum Gasteiger partial charge on any atom is -0.378 e. The number of hydrogen-bond donors (Lipinski definition) is 1. The Bertz CT molecular complexity index is 929. The Morgan fingerprint density at radius 3 is 2.78 bits per heavy atom. The SMILES string of the molecule is Cc1ccc(-c2nc3cnccn3c2NCCC(=O)N2CCOCC2)cc1. The highest BCUT2D eigenvalue weighted by molar-refractivity contribution is 5.79. The minimum atomic E-state index is 0.151. The maximum absolute atomic E-state index is 12.4. The molecule has 7 nitrogen and oxygen atoms in total. The third kappa shape index (κ3) is 3.78. The number of carbonyl (C=O) groups excluding carboxylic acids is 1. The van der Waals surface area contributed by atoms with Gasteiger partial charge in [0.05, 0.1) is 19.4 Å². The first kappa shape index (κ1) is 17.5. The Labute approximate surface area is 158 Å². The molecule has 0 radical (unpaired) electrons. The van der Waals surface area contributed by atoms with E-state index in [0.717, 1.165) is 22.7 Å². The van der Waals surface area contributed by atoms with E-state index < -0.39 is 0 Å². The van der Waals surface area contributed by atoms with Crippen molar-refractivity contribution in [3.8, 4) is 11.3 Å². The molecule has 0 saturated carbocycles. The van der Waals surface area contributed by atoms with Crippen LogP contribution in [0.2, 0.25) is 0 Å². The predicted molar refractivity (Wildman–Crippen MR) is 104 cm³/mol. The molecule has 1 fully saturated rings. The number of carbonyl (C=O) groups is 1. The molecule has 1 amide bonds. The number of benzene rings is 1. The van der Waals surface area contributed by atoms with Crippen LogP contribution in [0.5, 0.6) is 0 Å². The first-order chi connectivity index (χ1) is 13.2. The van der Waals surface area contributed by atoms with Crippen LogP contribution >= 0.6 is 0 Å². The molecule has 2 aromatic heterocycles. The molecule has 0 aliphatic carbocycles. The Morgan fingerprint density at radius 2 is 2.00 bits per heavy atom. The average Bonchev–Trinajstić information content (AvgIpc) is 3.08. The molecule has 0 atom stereocenters. The number of imidazole rings is 1. The summed E-state index contributed by atoms with van der Waals surface area (Å²) in [5, 5.41) is 3.41. The summed E-state index contributed by atoms with van der Waals surface area (Å²) in [6.45, 7) is 5.20. The number of aryl methyl sites for hydroxylation is 1. The monoisotopic (exact) mass is 365 g/mol. The maximum atomic E-state index is 12.4. The van der Waals surface area contributed by atoms with E-state index in [4.69, 9.17) is 9.72 Å². The van der Waals surface area contributed by atoms with E-state index in [0.29, 0.717) is 39.3 Å². The van der Waals surface area contributed by atoms with E-state index in [1.807, 2.05) is 15.5 Å². The molecule has 1 N–H and O–H groups in total. The molecule has 1 aromatic carbocycles.